The first-order chi connectivity index (χ1) is 8.91. The Morgan fingerprint density at radius 3 is 2.05 bits per heavy atom. The summed E-state index contributed by atoms with van der Waals surface area (Å²) in [5.74, 6) is 0.421. The highest BCUT2D eigenvalue weighted by Gasteiger charge is 2.30. The summed E-state index contributed by atoms with van der Waals surface area (Å²) in [6.45, 7) is 4.21. The largest absolute Gasteiger partial charge is 0.328 e. The molecule has 0 atom stereocenters. The van der Waals surface area contributed by atoms with Gasteiger partial charge in [0.1, 0.15) is 0 Å². The van der Waals surface area contributed by atoms with Crippen LogP contribution >= 0.6 is 0 Å². The SMILES string of the molecule is CC(C)c1ccc(S(=O)(=O)C2CCC(N)CC2)cc1. The summed E-state index contributed by atoms with van der Waals surface area (Å²) in [5, 5.41) is -0.253. The molecule has 4 heteroatoms. The Balaban J connectivity index is 2.19. The number of hydrogen-bond donors (Lipinski definition) is 1. The summed E-state index contributed by atoms with van der Waals surface area (Å²) in [5.41, 5.74) is 7.01. The maximum atomic E-state index is 12.5. The van der Waals surface area contributed by atoms with E-state index in [0.717, 1.165) is 12.8 Å². The van der Waals surface area contributed by atoms with Crippen molar-refractivity contribution in [1.82, 2.24) is 0 Å². The van der Waals surface area contributed by atoms with Gasteiger partial charge in [-0.2, -0.15) is 0 Å². The quantitative estimate of drug-likeness (QED) is 0.926. The standard InChI is InChI=1S/C15H23NO2S/c1-11(2)12-3-7-14(8-4-12)19(17,18)15-9-5-13(16)6-10-15/h3-4,7-8,11,13,15H,5-6,9-10,16H2,1-2H3. The van der Waals surface area contributed by atoms with Gasteiger partial charge in [-0.05, 0) is 49.3 Å². The molecule has 3 nitrogen and oxygen atoms in total. The van der Waals surface area contributed by atoms with Gasteiger partial charge in [-0.1, -0.05) is 26.0 Å². The van der Waals surface area contributed by atoms with E-state index in [-0.39, 0.29) is 11.3 Å². The van der Waals surface area contributed by atoms with Crippen molar-refractivity contribution in [1.29, 1.82) is 0 Å². The minimum Gasteiger partial charge on any atom is -0.328 e. The molecule has 1 aromatic carbocycles. The highest BCUT2D eigenvalue weighted by molar-refractivity contribution is 7.92. The summed E-state index contributed by atoms with van der Waals surface area (Å²) in [6.07, 6.45) is 3.01. The molecule has 0 unspecified atom stereocenters. The predicted octanol–water partition coefficient (Wildman–Crippen LogP) is 2.85. The molecule has 19 heavy (non-hydrogen) atoms. The lowest BCUT2D eigenvalue weighted by Crippen LogP contribution is -2.33. The number of hydrogen-bond acceptors (Lipinski definition) is 3. The lowest BCUT2D eigenvalue weighted by atomic mass is 9.96. The molecule has 0 aliphatic heterocycles. The van der Waals surface area contributed by atoms with Crippen molar-refractivity contribution in [2.24, 2.45) is 5.73 Å². The van der Waals surface area contributed by atoms with E-state index in [1.165, 1.54) is 5.56 Å². The van der Waals surface area contributed by atoms with Gasteiger partial charge in [0.25, 0.3) is 0 Å². The smallest absolute Gasteiger partial charge is 0.181 e. The molecule has 1 fully saturated rings. The molecular formula is C15H23NO2S. The van der Waals surface area contributed by atoms with Crippen LogP contribution in [0.25, 0.3) is 0 Å². The molecule has 0 saturated heterocycles. The second-order valence-corrected chi connectivity index (χ2v) is 8.03. The van der Waals surface area contributed by atoms with Crippen molar-refractivity contribution >= 4 is 9.84 Å². The Morgan fingerprint density at radius 2 is 1.58 bits per heavy atom. The van der Waals surface area contributed by atoms with E-state index in [1.807, 2.05) is 12.1 Å². The fraction of sp³-hybridized carbons (Fsp3) is 0.600. The normalized spacial score (nSPS) is 24.6. The third kappa shape index (κ3) is 3.18. The maximum Gasteiger partial charge on any atom is 0.181 e. The molecule has 0 bridgehead atoms. The molecular weight excluding hydrogens is 258 g/mol. The molecule has 1 aliphatic carbocycles. The second-order valence-electron chi connectivity index (χ2n) is 5.81. The van der Waals surface area contributed by atoms with E-state index < -0.39 is 9.84 Å². The first kappa shape index (κ1) is 14.5. The molecule has 1 saturated carbocycles. The molecule has 1 aliphatic rings. The first-order valence-electron chi connectivity index (χ1n) is 7.00. The van der Waals surface area contributed by atoms with Gasteiger partial charge in [-0.25, -0.2) is 8.42 Å². The first-order valence-corrected chi connectivity index (χ1v) is 8.55. The number of sulfone groups is 1. The Labute approximate surface area is 116 Å². The molecule has 0 spiro atoms. The van der Waals surface area contributed by atoms with E-state index in [9.17, 15) is 8.42 Å². The minimum atomic E-state index is -3.18. The van der Waals surface area contributed by atoms with Gasteiger partial charge in [0.15, 0.2) is 9.84 Å². The van der Waals surface area contributed by atoms with Gasteiger partial charge >= 0.3 is 0 Å². The van der Waals surface area contributed by atoms with Crippen LogP contribution in [0, 0.1) is 0 Å². The van der Waals surface area contributed by atoms with Gasteiger partial charge < -0.3 is 5.73 Å². The third-order valence-corrected chi connectivity index (χ3v) is 6.31. The molecule has 2 N–H and O–H groups in total. The zero-order valence-electron chi connectivity index (χ0n) is 11.7. The van der Waals surface area contributed by atoms with Crippen molar-refractivity contribution in [3.63, 3.8) is 0 Å². The summed E-state index contributed by atoms with van der Waals surface area (Å²) < 4.78 is 25.1. The lowest BCUT2D eigenvalue weighted by Gasteiger charge is -2.26. The number of benzene rings is 1. The highest BCUT2D eigenvalue weighted by Crippen LogP contribution is 2.29. The third-order valence-electron chi connectivity index (χ3n) is 4.03. The van der Waals surface area contributed by atoms with E-state index >= 15 is 0 Å². The summed E-state index contributed by atoms with van der Waals surface area (Å²) in [7, 11) is -3.18. The average Bonchev–Trinajstić information content (AvgIpc) is 2.39. The topological polar surface area (TPSA) is 60.2 Å². The van der Waals surface area contributed by atoms with Crippen molar-refractivity contribution in [2.75, 3.05) is 0 Å². The Hall–Kier alpha value is -0.870. The summed E-state index contributed by atoms with van der Waals surface area (Å²) in [6, 6.07) is 7.52. The van der Waals surface area contributed by atoms with Crippen LogP contribution in [0.15, 0.2) is 29.2 Å². The fourth-order valence-electron chi connectivity index (χ4n) is 2.63. The molecule has 106 valence electrons. The van der Waals surface area contributed by atoms with Crippen molar-refractivity contribution in [3.8, 4) is 0 Å². The van der Waals surface area contributed by atoms with Crippen LogP contribution < -0.4 is 5.73 Å². The van der Waals surface area contributed by atoms with Crippen LogP contribution in [0.5, 0.6) is 0 Å². The van der Waals surface area contributed by atoms with Crippen molar-refractivity contribution in [3.05, 3.63) is 29.8 Å². The zero-order chi connectivity index (χ0) is 14.0. The van der Waals surface area contributed by atoms with Crippen LogP contribution in [-0.2, 0) is 9.84 Å². The molecule has 0 heterocycles. The highest BCUT2D eigenvalue weighted by atomic mass is 32.2. The van der Waals surface area contributed by atoms with Crippen LogP contribution in [0.2, 0.25) is 0 Å². The monoisotopic (exact) mass is 281 g/mol. The maximum absolute atomic E-state index is 12.5. The number of rotatable bonds is 3. The van der Waals surface area contributed by atoms with Gasteiger partial charge in [-0.3, -0.25) is 0 Å². The van der Waals surface area contributed by atoms with Gasteiger partial charge in [-0.15, -0.1) is 0 Å². The van der Waals surface area contributed by atoms with Crippen LogP contribution in [0.3, 0.4) is 0 Å². The minimum absolute atomic E-state index is 0.176. The van der Waals surface area contributed by atoms with E-state index in [1.54, 1.807) is 12.1 Å². The lowest BCUT2D eigenvalue weighted by molar-refractivity contribution is 0.433. The van der Waals surface area contributed by atoms with Crippen LogP contribution in [-0.4, -0.2) is 19.7 Å². The van der Waals surface area contributed by atoms with E-state index in [4.69, 9.17) is 5.73 Å². The summed E-state index contributed by atoms with van der Waals surface area (Å²) in [4.78, 5) is 0.456. The van der Waals surface area contributed by atoms with Crippen molar-refractivity contribution in [2.45, 2.75) is 61.6 Å². The number of nitrogens with two attached hydrogens (primary N) is 1. The second kappa shape index (κ2) is 5.63. The van der Waals surface area contributed by atoms with E-state index in [2.05, 4.69) is 13.8 Å². The summed E-state index contributed by atoms with van der Waals surface area (Å²) >= 11 is 0. The zero-order valence-corrected chi connectivity index (χ0v) is 12.5. The van der Waals surface area contributed by atoms with Crippen molar-refractivity contribution < 1.29 is 8.42 Å². The van der Waals surface area contributed by atoms with Gasteiger partial charge in [0.2, 0.25) is 0 Å². The molecule has 0 aromatic heterocycles. The van der Waals surface area contributed by atoms with Gasteiger partial charge in [0, 0.05) is 6.04 Å². The Kier molecular flexibility index (Phi) is 4.31. The molecule has 2 rings (SSSR count). The van der Waals surface area contributed by atoms with Gasteiger partial charge in [0.05, 0.1) is 10.1 Å². The predicted molar refractivity (Wildman–Crippen MR) is 77.9 cm³/mol. The van der Waals surface area contributed by atoms with Crippen LogP contribution in [0.1, 0.15) is 51.0 Å². The Bertz CT molecular complexity index is 512. The molecule has 1 aromatic rings. The Morgan fingerprint density at radius 1 is 1.05 bits per heavy atom. The van der Waals surface area contributed by atoms with E-state index in [0.29, 0.717) is 23.7 Å². The average molecular weight is 281 g/mol. The molecule has 0 radical (unpaired) electrons. The molecule has 0 amide bonds. The fourth-order valence-corrected chi connectivity index (χ4v) is 4.43. The van der Waals surface area contributed by atoms with Crippen LogP contribution in [0.4, 0.5) is 0 Å².